The summed E-state index contributed by atoms with van der Waals surface area (Å²) in [6.07, 6.45) is -0.632. The lowest BCUT2D eigenvalue weighted by atomic mass is 9.89. The van der Waals surface area contributed by atoms with E-state index in [-0.39, 0.29) is 5.92 Å². The van der Waals surface area contributed by atoms with Gasteiger partial charge in [-0.25, -0.2) is 0 Å². The lowest BCUT2D eigenvalue weighted by Crippen LogP contribution is -2.36. The minimum atomic E-state index is -1.97. The Balaban J connectivity index is 2.51. The molecule has 1 aliphatic rings. The number of benzene rings is 1. The highest BCUT2D eigenvalue weighted by molar-refractivity contribution is 6.06. The SMILES string of the molecule is CC(C)c1ccc2c(c1)C(O)(CC(=O)O)C(=O)N2. The fraction of sp³-hybridized carbons (Fsp3) is 0.385. The first-order valence-corrected chi connectivity index (χ1v) is 5.74. The topological polar surface area (TPSA) is 86.6 Å². The Morgan fingerprint density at radius 3 is 2.67 bits per heavy atom. The Bertz CT molecular complexity index is 524. The largest absolute Gasteiger partial charge is 0.481 e. The second-order valence-electron chi connectivity index (χ2n) is 4.84. The van der Waals surface area contributed by atoms with Crippen LogP contribution in [0.5, 0.6) is 0 Å². The summed E-state index contributed by atoms with van der Waals surface area (Å²) in [4.78, 5) is 22.5. The average Bonchev–Trinajstić information content (AvgIpc) is 2.50. The summed E-state index contributed by atoms with van der Waals surface area (Å²) in [5.41, 5.74) is -0.185. The lowest BCUT2D eigenvalue weighted by Gasteiger charge is -2.19. The van der Waals surface area contributed by atoms with Crippen molar-refractivity contribution < 1.29 is 19.8 Å². The molecular weight excluding hydrogens is 234 g/mol. The molecule has 18 heavy (non-hydrogen) atoms. The molecule has 1 aliphatic heterocycles. The highest BCUT2D eigenvalue weighted by Crippen LogP contribution is 2.39. The van der Waals surface area contributed by atoms with Crippen molar-refractivity contribution in [2.75, 3.05) is 5.32 Å². The number of aliphatic hydroxyl groups is 1. The van der Waals surface area contributed by atoms with E-state index in [1.54, 1.807) is 12.1 Å². The van der Waals surface area contributed by atoms with Crippen molar-refractivity contribution in [3.63, 3.8) is 0 Å². The first-order valence-electron chi connectivity index (χ1n) is 5.74. The van der Waals surface area contributed by atoms with Crippen LogP contribution in [-0.2, 0) is 15.2 Å². The molecule has 1 heterocycles. The van der Waals surface area contributed by atoms with Crippen LogP contribution < -0.4 is 5.32 Å². The van der Waals surface area contributed by atoms with E-state index in [9.17, 15) is 14.7 Å². The maximum atomic E-state index is 11.7. The zero-order valence-corrected chi connectivity index (χ0v) is 10.2. The van der Waals surface area contributed by atoms with Crippen molar-refractivity contribution >= 4 is 17.6 Å². The molecule has 1 unspecified atom stereocenters. The number of carboxylic acids is 1. The van der Waals surface area contributed by atoms with Gasteiger partial charge in [0.25, 0.3) is 5.91 Å². The van der Waals surface area contributed by atoms with Crippen LogP contribution in [0.2, 0.25) is 0 Å². The van der Waals surface area contributed by atoms with Gasteiger partial charge in [-0.05, 0) is 17.5 Å². The van der Waals surface area contributed by atoms with E-state index in [0.29, 0.717) is 11.3 Å². The number of hydrogen-bond acceptors (Lipinski definition) is 3. The first-order chi connectivity index (χ1) is 8.34. The molecule has 0 aliphatic carbocycles. The fourth-order valence-corrected chi connectivity index (χ4v) is 2.11. The van der Waals surface area contributed by atoms with Gasteiger partial charge in [-0.15, -0.1) is 0 Å². The third-order valence-electron chi connectivity index (χ3n) is 3.19. The highest BCUT2D eigenvalue weighted by Gasteiger charge is 2.47. The summed E-state index contributed by atoms with van der Waals surface area (Å²) in [5, 5.41) is 21.6. The number of hydrogen-bond donors (Lipinski definition) is 3. The standard InChI is InChI=1S/C13H15NO4/c1-7(2)8-3-4-10-9(5-8)13(18,6-11(15)16)12(17)14-10/h3-5,7,18H,6H2,1-2H3,(H,14,17)(H,15,16). The van der Waals surface area contributed by atoms with Crippen LogP contribution in [-0.4, -0.2) is 22.1 Å². The maximum Gasteiger partial charge on any atom is 0.307 e. The number of rotatable bonds is 3. The molecule has 5 nitrogen and oxygen atoms in total. The molecule has 0 aromatic heterocycles. The number of carbonyl (C=O) groups excluding carboxylic acids is 1. The second-order valence-corrected chi connectivity index (χ2v) is 4.84. The Hall–Kier alpha value is -1.88. The monoisotopic (exact) mass is 249 g/mol. The molecule has 1 aromatic rings. The molecule has 1 aromatic carbocycles. The summed E-state index contributed by atoms with van der Waals surface area (Å²) in [5.74, 6) is -1.66. The number of aliphatic carboxylic acids is 1. The normalized spacial score (nSPS) is 21.9. The van der Waals surface area contributed by atoms with E-state index in [1.165, 1.54) is 0 Å². The van der Waals surface area contributed by atoms with Crippen molar-refractivity contribution in [1.82, 2.24) is 0 Å². The third-order valence-corrected chi connectivity index (χ3v) is 3.19. The molecule has 3 N–H and O–H groups in total. The van der Waals surface area contributed by atoms with E-state index in [1.807, 2.05) is 19.9 Å². The summed E-state index contributed by atoms with van der Waals surface area (Å²) >= 11 is 0. The Morgan fingerprint density at radius 2 is 2.11 bits per heavy atom. The van der Waals surface area contributed by atoms with Crippen molar-refractivity contribution in [2.45, 2.75) is 31.8 Å². The molecular formula is C13H15NO4. The van der Waals surface area contributed by atoms with Gasteiger partial charge in [-0.1, -0.05) is 26.0 Å². The minimum absolute atomic E-state index is 0.236. The first kappa shape index (κ1) is 12.6. The van der Waals surface area contributed by atoms with Gasteiger partial charge in [0.2, 0.25) is 0 Å². The Labute approximate surface area is 104 Å². The van der Waals surface area contributed by atoms with Gasteiger partial charge < -0.3 is 15.5 Å². The lowest BCUT2D eigenvalue weighted by molar-refractivity contribution is -0.149. The molecule has 0 saturated carbocycles. The number of anilines is 1. The van der Waals surface area contributed by atoms with Gasteiger partial charge in [0.05, 0.1) is 6.42 Å². The van der Waals surface area contributed by atoms with Gasteiger partial charge in [0.15, 0.2) is 5.60 Å². The van der Waals surface area contributed by atoms with Crippen LogP contribution in [0.1, 0.15) is 37.3 Å². The van der Waals surface area contributed by atoms with Crippen molar-refractivity contribution in [3.8, 4) is 0 Å². The molecule has 0 spiro atoms. The average molecular weight is 249 g/mol. The summed E-state index contributed by atoms with van der Waals surface area (Å²) < 4.78 is 0. The van der Waals surface area contributed by atoms with E-state index in [0.717, 1.165) is 5.56 Å². The summed E-state index contributed by atoms with van der Waals surface area (Å²) in [6, 6.07) is 5.25. The fourth-order valence-electron chi connectivity index (χ4n) is 2.11. The summed E-state index contributed by atoms with van der Waals surface area (Å²) in [7, 11) is 0. The molecule has 1 amide bonds. The van der Waals surface area contributed by atoms with Crippen molar-refractivity contribution in [3.05, 3.63) is 29.3 Å². The number of carboxylic acid groups (broad SMARTS) is 1. The molecule has 96 valence electrons. The summed E-state index contributed by atoms with van der Waals surface area (Å²) in [6.45, 7) is 3.98. The van der Waals surface area contributed by atoms with Gasteiger partial charge >= 0.3 is 5.97 Å². The van der Waals surface area contributed by atoms with Crippen LogP contribution >= 0.6 is 0 Å². The predicted molar refractivity (Wildman–Crippen MR) is 65.3 cm³/mol. The second kappa shape index (κ2) is 4.10. The molecule has 2 rings (SSSR count). The third kappa shape index (κ3) is 1.86. The van der Waals surface area contributed by atoms with Crippen LogP contribution in [0.15, 0.2) is 18.2 Å². The Kier molecular flexibility index (Phi) is 2.86. The van der Waals surface area contributed by atoms with Crippen LogP contribution in [0.25, 0.3) is 0 Å². The number of carbonyl (C=O) groups is 2. The quantitative estimate of drug-likeness (QED) is 0.756. The smallest absolute Gasteiger partial charge is 0.307 e. The maximum absolute atomic E-state index is 11.7. The van der Waals surface area contributed by atoms with Gasteiger partial charge in [0, 0.05) is 11.3 Å². The zero-order valence-electron chi connectivity index (χ0n) is 10.2. The molecule has 0 bridgehead atoms. The number of fused-ring (bicyclic) bond motifs is 1. The van der Waals surface area contributed by atoms with E-state index in [2.05, 4.69) is 5.32 Å². The van der Waals surface area contributed by atoms with Crippen molar-refractivity contribution in [2.24, 2.45) is 0 Å². The van der Waals surface area contributed by atoms with Gasteiger partial charge in [0.1, 0.15) is 0 Å². The molecule has 0 fully saturated rings. The number of nitrogens with one attached hydrogen (secondary N) is 1. The van der Waals surface area contributed by atoms with E-state index >= 15 is 0 Å². The van der Waals surface area contributed by atoms with E-state index in [4.69, 9.17) is 5.11 Å². The molecule has 0 radical (unpaired) electrons. The van der Waals surface area contributed by atoms with E-state index < -0.39 is 23.9 Å². The number of amides is 1. The van der Waals surface area contributed by atoms with Gasteiger partial charge in [-0.2, -0.15) is 0 Å². The predicted octanol–water partition coefficient (Wildman–Crippen LogP) is 1.42. The van der Waals surface area contributed by atoms with Crippen LogP contribution in [0, 0.1) is 0 Å². The van der Waals surface area contributed by atoms with Crippen LogP contribution in [0.4, 0.5) is 5.69 Å². The molecule has 1 atom stereocenters. The van der Waals surface area contributed by atoms with Crippen molar-refractivity contribution in [1.29, 1.82) is 0 Å². The van der Waals surface area contributed by atoms with Gasteiger partial charge in [-0.3, -0.25) is 9.59 Å². The minimum Gasteiger partial charge on any atom is -0.481 e. The molecule has 0 saturated heterocycles. The van der Waals surface area contributed by atoms with Crippen LogP contribution in [0.3, 0.4) is 0 Å². The molecule has 5 heteroatoms. The zero-order chi connectivity index (χ0) is 13.5. The Morgan fingerprint density at radius 1 is 1.44 bits per heavy atom. The highest BCUT2D eigenvalue weighted by atomic mass is 16.4.